The average Bonchev–Trinajstić information content (AvgIpc) is 3.09. The Balaban J connectivity index is 4.31. The van der Waals surface area contributed by atoms with Crippen LogP contribution in [-0.4, -0.2) is 60.5 Å². The van der Waals surface area contributed by atoms with Crippen LogP contribution >= 0.6 is 7.82 Å². The normalized spacial score (nSPS) is 14.6. The summed E-state index contributed by atoms with van der Waals surface area (Å²) in [6.45, 7) is 3.43. The summed E-state index contributed by atoms with van der Waals surface area (Å²) in [4.78, 5) is 34.7. The minimum Gasteiger partial charge on any atom is -0.462 e. The molecular formula is C39H70NO9P. The fourth-order valence-electron chi connectivity index (χ4n) is 4.90. The topological polar surface area (TPSA) is 155 Å². The summed E-state index contributed by atoms with van der Waals surface area (Å²) < 4.78 is 32.6. The summed E-state index contributed by atoms with van der Waals surface area (Å²) in [5, 5.41) is 9.84. The molecule has 4 N–H and O–H groups in total. The van der Waals surface area contributed by atoms with Gasteiger partial charge in [-0.3, -0.25) is 18.6 Å². The maximum absolute atomic E-state index is 12.5. The summed E-state index contributed by atoms with van der Waals surface area (Å²) >= 11 is 0. The molecule has 0 aliphatic heterocycles. The van der Waals surface area contributed by atoms with Crippen molar-refractivity contribution in [3.05, 3.63) is 48.6 Å². The number of carbonyl (C=O) groups excluding carboxylic acids is 2. The number of aliphatic hydroxyl groups is 1. The number of esters is 2. The number of hydrogen-bond acceptors (Lipinski definition) is 9. The van der Waals surface area contributed by atoms with Crippen molar-refractivity contribution in [2.45, 2.75) is 161 Å². The monoisotopic (exact) mass is 727 g/mol. The third kappa shape index (κ3) is 34.4. The van der Waals surface area contributed by atoms with E-state index in [1.807, 2.05) is 24.3 Å². The SMILES string of the molecule is CC/C=C/CC(O)/C=C/C=C/CCCCCCCC(=O)OC[C@H](COP(=O)(O)OCCN)OC(=O)CCCCCCC/C=C\CCCCCC. The second-order valence-corrected chi connectivity index (χ2v) is 14.1. The molecule has 0 saturated heterocycles. The van der Waals surface area contributed by atoms with Crippen LogP contribution in [0.1, 0.15) is 149 Å². The number of unbranched alkanes of at least 4 members (excludes halogenated alkanes) is 14. The number of phosphoric ester groups is 1. The van der Waals surface area contributed by atoms with E-state index in [1.165, 1.54) is 25.7 Å². The number of aliphatic hydroxyl groups excluding tert-OH is 1. The fraction of sp³-hybridized carbons (Fsp3) is 0.744. The highest BCUT2D eigenvalue weighted by atomic mass is 31.2. The Morgan fingerprint density at radius 2 is 1.28 bits per heavy atom. The second kappa shape index (κ2) is 35.3. The van der Waals surface area contributed by atoms with Crippen LogP contribution in [0.15, 0.2) is 48.6 Å². The van der Waals surface area contributed by atoms with E-state index in [2.05, 4.69) is 32.1 Å². The molecule has 0 fully saturated rings. The van der Waals surface area contributed by atoms with Crippen LogP contribution in [0.25, 0.3) is 0 Å². The summed E-state index contributed by atoms with van der Waals surface area (Å²) in [7, 11) is -4.39. The van der Waals surface area contributed by atoms with E-state index >= 15 is 0 Å². The Bertz CT molecular complexity index is 983. The maximum Gasteiger partial charge on any atom is 0.472 e. The van der Waals surface area contributed by atoms with Crippen molar-refractivity contribution in [2.24, 2.45) is 5.73 Å². The molecule has 0 rings (SSSR count). The van der Waals surface area contributed by atoms with Gasteiger partial charge in [0, 0.05) is 19.4 Å². The highest BCUT2D eigenvalue weighted by Crippen LogP contribution is 2.43. The summed E-state index contributed by atoms with van der Waals surface area (Å²) in [5.74, 6) is -0.898. The van der Waals surface area contributed by atoms with E-state index < -0.39 is 38.6 Å². The quantitative estimate of drug-likeness (QED) is 0.0189. The first-order valence-electron chi connectivity index (χ1n) is 19.2. The molecule has 10 nitrogen and oxygen atoms in total. The molecule has 0 aliphatic carbocycles. The zero-order valence-electron chi connectivity index (χ0n) is 31.2. The van der Waals surface area contributed by atoms with Gasteiger partial charge in [-0.15, -0.1) is 0 Å². The van der Waals surface area contributed by atoms with Gasteiger partial charge < -0.3 is 25.2 Å². The molecule has 11 heteroatoms. The van der Waals surface area contributed by atoms with Crippen LogP contribution in [0.4, 0.5) is 0 Å². The molecule has 0 aliphatic rings. The van der Waals surface area contributed by atoms with Crippen LogP contribution in [0.5, 0.6) is 0 Å². The first kappa shape index (κ1) is 47.9. The van der Waals surface area contributed by atoms with Gasteiger partial charge in [0.1, 0.15) is 6.61 Å². The predicted octanol–water partition coefficient (Wildman–Crippen LogP) is 9.35. The summed E-state index contributed by atoms with van der Waals surface area (Å²) in [6, 6.07) is 0. The lowest BCUT2D eigenvalue weighted by Crippen LogP contribution is -2.29. The Morgan fingerprint density at radius 1 is 0.700 bits per heavy atom. The average molecular weight is 728 g/mol. The number of nitrogens with two attached hydrogens (primary N) is 1. The largest absolute Gasteiger partial charge is 0.472 e. The molecule has 0 spiro atoms. The van der Waals surface area contributed by atoms with Crippen molar-refractivity contribution < 1.29 is 42.7 Å². The highest BCUT2D eigenvalue weighted by Gasteiger charge is 2.25. The van der Waals surface area contributed by atoms with E-state index in [4.69, 9.17) is 24.3 Å². The lowest BCUT2D eigenvalue weighted by atomic mass is 10.1. The van der Waals surface area contributed by atoms with Gasteiger partial charge in [0.15, 0.2) is 6.10 Å². The first-order chi connectivity index (χ1) is 24.2. The van der Waals surface area contributed by atoms with Crippen molar-refractivity contribution in [1.29, 1.82) is 0 Å². The van der Waals surface area contributed by atoms with Crippen LogP contribution in [0.2, 0.25) is 0 Å². The van der Waals surface area contributed by atoms with Gasteiger partial charge in [-0.25, -0.2) is 4.57 Å². The molecule has 0 amide bonds. The Kier molecular flexibility index (Phi) is 33.9. The smallest absolute Gasteiger partial charge is 0.462 e. The van der Waals surface area contributed by atoms with E-state index in [0.717, 1.165) is 77.0 Å². The predicted molar refractivity (Wildman–Crippen MR) is 202 cm³/mol. The second-order valence-electron chi connectivity index (χ2n) is 12.6. The molecule has 290 valence electrons. The zero-order valence-corrected chi connectivity index (χ0v) is 32.1. The number of allylic oxidation sites excluding steroid dienone is 6. The van der Waals surface area contributed by atoms with Crippen molar-refractivity contribution in [1.82, 2.24) is 0 Å². The molecular weight excluding hydrogens is 657 g/mol. The number of hydrogen-bond donors (Lipinski definition) is 3. The molecule has 0 heterocycles. The van der Waals surface area contributed by atoms with Crippen LogP contribution in [0, 0.1) is 0 Å². The maximum atomic E-state index is 12.5. The fourth-order valence-corrected chi connectivity index (χ4v) is 5.66. The van der Waals surface area contributed by atoms with Crippen molar-refractivity contribution in [2.75, 3.05) is 26.4 Å². The summed E-state index contributed by atoms with van der Waals surface area (Å²) in [5.41, 5.74) is 5.32. The van der Waals surface area contributed by atoms with Gasteiger partial charge in [-0.1, -0.05) is 120 Å². The summed E-state index contributed by atoms with van der Waals surface area (Å²) in [6.07, 6.45) is 34.7. The molecule has 0 radical (unpaired) electrons. The third-order valence-electron chi connectivity index (χ3n) is 7.78. The molecule has 0 bridgehead atoms. The van der Waals surface area contributed by atoms with E-state index in [-0.39, 0.29) is 32.6 Å². The van der Waals surface area contributed by atoms with E-state index in [9.17, 15) is 24.2 Å². The van der Waals surface area contributed by atoms with Crippen LogP contribution in [0.3, 0.4) is 0 Å². The van der Waals surface area contributed by atoms with E-state index in [0.29, 0.717) is 19.3 Å². The zero-order chi connectivity index (χ0) is 37.0. The van der Waals surface area contributed by atoms with Gasteiger partial charge in [0.25, 0.3) is 0 Å². The molecule has 0 saturated carbocycles. The standard InChI is InChI=1S/C39H70NO9P/c1-3-5-7-8-9-10-11-12-13-16-20-23-27-31-39(43)49-37(35-48-50(44,45)47-33-32-40)34-46-38(42)30-26-22-19-17-14-15-18-21-25-29-36(41)28-24-6-4-2/h6,10-11,18,21,24-25,29,36-37,41H,3-5,7-9,12-17,19-20,22-23,26-28,30-35,40H2,1-2H3,(H,44,45)/b11-10-,21-18+,24-6+,29-25+/t36?,37-/m1/s1. The number of phosphoric acid groups is 1. The van der Waals surface area contributed by atoms with Crippen LogP contribution < -0.4 is 5.73 Å². The van der Waals surface area contributed by atoms with Gasteiger partial charge in [-0.2, -0.15) is 0 Å². The number of carbonyl (C=O) groups is 2. The molecule has 50 heavy (non-hydrogen) atoms. The van der Waals surface area contributed by atoms with Crippen molar-refractivity contribution >= 4 is 19.8 Å². The first-order valence-corrected chi connectivity index (χ1v) is 20.7. The lowest BCUT2D eigenvalue weighted by molar-refractivity contribution is -0.161. The van der Waals surface area contributed by atoms with Crippen molar-refractivity contribution in [3.8, 4) is 0 Å². The molecule has 0 aromatic carbocycles. The number of ether oxygens (including phenoxy) is 2. The molecule has 3 atom stereocenters. The Morgan fingerprint density at radius 3 is 1.90 bits per heavy atom. The third-order valence-corrected chi connectivity index (χ3v) is 8.76. The van der Waals surface area contributed by atoms with Crippen LogP contribution in [-0.2, 0) is 32.7 Å². The minimum atomic E-state index is -4.39. The Hall–Kier alpha value is -2.07. The van der Waals surface area contributed by atoms with Gasteiger partial charge >= 0.3 is 19.8 Å². The Labute approximate surface area is 303 Å². The molecule has 0 aromatic rings. The molecule has 2 unspecified atom stereocenters. The van der Waals surface area contributed by atoms with Gasteiger partial charge in [0.2, 0.25) is 0 Å². The number of rotatable bonds is 35. The lowest BCUT2D eigenvalue weighted by Gasteiger charge is -2.19. The van der Waals surface area contributed by atoms with E-state index in [1.54, 1.807) is 6.08 Å². The minimum absolute atomic E-state index is 0.0395. The highest BCUT2D eigenvalue weighted by molar-refractivity contribution is 7.47. The van der Waals surface area contributed by atoms with Gasteiger partial charge in [-0.05, 0) is 64.2 Å². The van der Waals surface area contributed by atoms with Crippen molar-refractivity contribution in [3.63, 3.8) is 0 Å². The van der Waals surface area contributed by atoms with Gasteiger partial charge in [0.05, 0.1) is 19.3 Å². The molecule has 0 aromatic heterocycles.